The van der Waals surface area contributed by atoms with E-state index in [0.717, 1.165) is 30.8 Å². The van der Waals surface area contributed by atoms with Crippen LogP contribution in [0.3, 0.4) is 0 Å². The van der Waals surface area contributed by atoms with E-state index in [-0.39, 0.29) is 10.6 Å². The van der Waals surface area contributed by atoms with Crippen LogP contribution in [0, 0.1) is 5.92 Å². The van der Waals surface area contributed by atoms with Crippen LogP contribution in [-0.4, -0.2) is 13.9 Å². The molecule has 0 saturated carbocycles. The number of benzene rings is 1. The van der Waals surface area contributed by atoms with Gasteiger partial charge in [-0.25, -0.2) is 0 Å². The van der Waals surface area contributed by atoms with Crippen molar-refractivity contribution < 1.29 is 9.16 Å². The van der Waals surface area contributed by atoms with E-state index in [9.17, 15) is 0 Å². The summed E-state index contributed by atoms with van der Waals surface area (Å²) >= 11 is 0. The fraction of sp³-hybridized carbons (Fsp3) is 0.704. The maximum Gasteiger partial charge on any atom is 0.250 e. The number of ether oxygens (including phenoxy) is 1. The number of hydrogen-bond donors (Lipinski definition) is 0. The maximum atomic E-state index is 7.00. The fourth-order valence-corrected chi connectivity index (χ4v) is 5.86. The number of rotatable bonds is 6. The van der Waals surface area contributed by atoms with Crippen LogP contribution >= 0.6 is 0 Å². The van der Waals surface area contributed by atoms with Crippen molar-refractivity contribution in [3.8, 4) is 11.5 Å². The van der Waals surface area contributed by atoms with Crippen molar-refractivity contribution in [1.29, 1.82) is 0 Å². The molecule has 0 amide bonds. The molecule has 1 aromatic rings. The topological polar surface area (TPSA) is 18.5 Å². The number of hydrogen-bond acceptors (Lipinski definition) is 2. The summed E-state index contributed by atoms with van der Waals surface area (Å²) in [5.74, 6) is 3.18. The largest absolute Gasteiger partial charge is 0.543 e. The highest BCUT2D eigenvalue weighted by Crippen LogP contribution is 2.55. The van der Waals surface area contributed by atoms with Gasteiger partial charge in [0.25, 0.3) is 0 Å². The van der Waals surface area contributed by atoms with Crippen LogP contribution in [0.15, 0.2) is 23.8 Å². The third-order valence-corrected chi connectivity index (χ3v) is 12.1. The van der Waals surface area contributed by atoms with Crippen LogP contribution in [-0.2, 0) is 6.42 Å². The third kappa shape index (κ3) is 4.66. The lowest BCUT2D eigenvalue weighted by molar-refractivity contribution is 0.00780. The molecular formula is C27H44O2Si. The van der Waals surface area contributed by atoms with Crippen molar-refractivity contribution in [1.82, 2.24) is 0 Å². The summed E-state index contributed by atoms with van der Waals surface area (Å²) < 4.78 is 13.7. The minimum atomic E-state index is -1.95. The molecule has 1 aliphatic heterocycles. The lowest BCUT2D eigenvalue weighted by Gasteiger charge is -2.48. The summed E-state index contributed by atoms with van der Waals surface area (Å²) in [5, 5.41) is 0.175. The first kappa shape index (κ1) is 23.4. The first-order chi connectivity index (χ1) is 13.9. The van der Waals surface area contributed by atoms with Gasteiger partial charge in [0.05, 0.1) is 0 Å². The van der Waals surface area contributed by atoms with E-state index in [0.29, 0.717) is 11.8 Å². The van der Waals surface area contributed by atoms with Gasteiger partial charge in [-0.3, -0.25) is 0 Å². The smallest absolute Gasteiger partial charge is 0.250 e. The Morgan fingerprint density at radius 1 is 1.17 bits per heavy atom. The van der Waals surface area contributed by atoms with Gasteiger partial charge >= 0.3 is 0 Å². The molecule has 168 valence electrons. The summed E-state index contributed by atoms with van der Waals surface area (Å²) in [6.07, 6.45) is 9.49. The second-order valence-electron chi connectivity index (χ2n) is 11.7. The molecule has 0 fully saturated rings. The molecule has 30 heavy (non-hydrogen) atoms. The Bertz CT molecular complexity index is 798. The molecule has 2 nitrogen and oxygen atoms in total. The quantitative estimate of drug-likeness (QED) is 0.257. The molecular weight excluding hydrogens is 384 g/mol. The molecule has 0 N–H and O–H groups in total. The van der Waals surface area contributed by atoms with Crippen molar-refractivity contribution in [3.05, 3.63) is 34.9 Å². The second-order valence-corrected chi connectivity index (χ2v) is 16.5. The predicted octanol–water partition coefficient (Wildman–Crippen LogP) is 8.41. The zero-order valence-electron chi connectivity index (χ0n) is 20.9. The average Bonchev–Trinajstić information content (AvgIpc) is 2.59. The molecule has 0 aromatic heterocycles. The molecule has 3 heteroatoms. The monoisotopic (exact) mass is 428 g/mol. The maximum absolute atomic E-state index is 7.00. The zero-order chi connectivity index (χ0) is 22.3. The van der Waals surface area contributed by atoms with Crippen LogP contribution in [0.2, 0.25) is 18.1 Å². The zero-order valence-corrected chi connectivity index (χ0v) is 21.9. The molecule has 0 bridgehead atoms. The van der Waals surface area contributed by atoms with Gasteiger partial charge in [0.15, 0.2) is 0 Å². The highest BCUT2D eigenvalue weighted by molar-refractivity contribution is 6.74. The number of allylic oxidation sites excluding steroid dienone is 2. The minimum Gasteiger partial charge on any atom is -0.543 e. The summed E-state index contributed by atoms with van der Waals surface area (Å²) in [7, 11) is -1.95. The van der Waals surface area contributed by atoms with E-state index in [4.69, 9.17) is 9.16 Å². The van der Waals surface area contributed by atoms with Crippen LogP contribution in [0.4, 0.5) is 0 Å². The van der Waals surface area contributed by atoms with Gasteiger partial charge in [-0.1, -0.05) is 52.2 Å². The molecule has 1 aromatic carbocycles. The van der Waals surface area contributed by atoms with Crippen molar-refractivity contribution in [2.24, 2.45) is 5.92 Å². The van der Waals surface area contributed by atoms with E-state index in [1.54, 1.807) is 0 Å². The lowest BCUT2D eigenvalue weighted by Crippen LogP contribution is -2.47. The van der Waals surface area contributed by atoms with Crippen molar-refractivity contribution in [2.45, 2.75) is 117 Å². The van der Waals surface area contributed by atoms with Crippen LogP contribution in [0.1, 0.15) is 97.6 Å². The van der Waals surface area contributed by atoms with Gasteiger partial charge in [-0.2, -0.15) is 0 Å². The Morgan fingerprint density at radius 3 is 2.50 bits per heavy atom. The number of aryl methyl sites for hydroxylation is 1. The summed E-state index contributed by atoms with van der Waals surface area (Å²) in [5.41, 5.74) is 4.07. The van der Waals surface area contributed by atoms with Gasteiger partial charge in [0.2, 0.25) is 8.32 Å². The van der Waals surface area contributed by atoms with E-state index in [2.05, 4.69) is 79.8 Å². The standard InChI is InChI=1S/C27H44O2Si/c1-10-11-12-13-20-17-23-25(24(18-20)29-30(8,9)26(3,4)5)21-16-19(2)14-15-22(21)27(6,7)28-23/h14,17-18,21-22H,10-13,15-16H2,1-9H3/t21-,22-/m1/s1. The fourth-order valence-electron chi connectivity index (χ4n) is 4.84. The molecule has 2 aliphatic rings. The summed E-state index contributed by atoms with van der Waals surface area (Å²) in [6.45, 7) is 20.8. The first-order valence-corrected chi connectivity index (χ1v) is 15.0. The average molecular weight is 429 g/mol. The number of unbranched alkanes of at least 4 members (excludes halogenated alkanes) is 2. The molecule has 1 heterocycles. The molecule has 3 rings (SSSR count). The Kier molecular flexibility index (Phi) is 6.54. The minimum absolute atomic E-state index is 0.148. The molecule has 2 atom stereocenters. The van der Waals surface area contributed by atoms with Gasteiger partial charge in [0.1, 0.15) is 17.1 Å². The van der Waals surface area contributed by atoms with Crippen molar-refractivity contribution in [2.75, 3.05) is 0 Å². The Labute approximate surface area is 186 Å². The van der Waals surface area contributed by atoms with Crippen LogP contribution in [0.25, 0.3) is 0 Å². The Morgan fingerprint density at radius 2 is 1.87 bits per heavy atom. The number of fused-ring (bicyclic) bond motifs is 3. The lowest BCUT2D eigenvalue weighted by atomic mass is 9.67. The van der Waals surface area contributed by atoms with Crippen molar-refractivity contribution >= 4 is 8.32 Å². The SMILES string of the molecule is CCCCCc1cc2c(c(O[Si](C)(C)C(C)(C)C)c1)[C@@H]1CC(C)=CC[C@H]1C(C)(C)O2. The van der Waals surface area contributed by atoms with Gasteiger partial charge < -0.3 is 9.16 Å². The van der Waals surface area contributed by atoms with E-state index >= 15 is 0 Å². The van der Waals surface area contributed by atoms with Crippen LogP contribution < -0.4 is 9.16 Å². The van der Waals surface area contributed by atoms with E-state index in [1.165, 1.54) is 36.0 Å². The van der Waals surface area contributed by atoms with Gasteiger partial charge in [-0.15, -0.1) is 0 Å². The highest BCUT2D eigenvalue weighted by Gasteiger charge is 2.47. The Balaban J connectivity index is 2.10. The van der Waals surface area contributed by atoms with Crippen LogP contribution in [0.5, 0.6) is 11.5 Å². The Hall–Kier alpha value is -1.22. The second kappa shape index (κ2) is 8.37. The van der Waals surface area contributed by atoms with Gasteiger partial charge in [0, 0.05) is 17.4 Å². The normalized spacial score (nSPS) is 23.2. The van der Waals surface area contributed by atoms with E-state index < -0.39 is 8.32 Å². The molecule has 0 unspecified atom stereocenters. The first-order valence-electron chi connectivity index (χ1n) is 12.1. The summed E-state index contributed by atoms with van der Waals surface area (Å²) in [4.78, 5) is 0. The third-order valence-electron chi connectivity index (χ3n) is 7.79. The summed E-state index contributed by atoms with van der Waals surface area (Å²) in [6, 6.07) is 4.69. The molecule has 0 radical (unpaired) electrons. The molecule has 0 spiro atoms. The van der Waals surface area contributed by atoms with Crippen molar-refractivity contribution in [3.63, 3.8) is 0 Å². The highest BCUT2D eigenvalue weighted by atomic mass is 28.4. The molecule has 1 aliphatic carbocycles. The predicted molar refractivity (Wildman–Crippen MR) is 131 cm³/mol. The van der Waals surface area contributed by atoms with Gasteiger partial charge in [-0.05, 0) is 82.3 Å². The molecule has 0 saturated heterocycles. The van der Waals surface area contributed by atoms with E-state index in [1.807, 2.05) is 0 Å².